The Morgan fingerprint density at radius 1 is 1.05 bits per heavy atom. The second kappa shape index (κ2) is 11.9. The van der Waals surface area contributed by atoms with Gasteiger partial charge in [-0.15, -0.1) is 23.4 Å². The van der Waals surface area contributed by atoms with Crippen molar-refractivity contribution in [3.8, 4) is 5.75 Å². The second-order valence-corrected chi connectivity index (χ2v) is 9.46. The fraction of sp³-hybridized carbons (Fsp3) is 0.478. The number of nitrogens with zero attached hydrogens (tertiary/aromatic N) is 7. The highest BCUT2D eigenvalue weighted by Gasteiger charge is 2.31. The van der Waals surface area contributed by atoms with Gasteiger partial charge in [0.25, 0.3) is 5.91 Å². The number of carboxylic acid groups (broad SMARTS) is 1. The lowest BCUT2D eigenvalue weighted by Gasteiger charge is -2.32. The van der Waals surface area contributed by atoms with Gasteiger partial charge in [0.1, 0.15) is 11.4 Å². The summed E-state index contributed by atoms with van der Waals surface area (Å²) in [5.74, 6) is -0.886. The van der Waals surface area contributed by atoms with Crippen molar-refractivity contribution in [1.29, 1.82) is 0 Å². The summed E-state index contributed by atoms with van der Waals surface area (Å²) in [5, 5.41) is 27.9. The summed E-state index contributed by atoms with van der Waals surface area (Å²) in [5.41, 5.74) is 0.488. The van der Waals surface area contributed by atoms with E-state index in [1.807, 2.05) is 0 Å². The molecule has 3 rings (SSSR count). The number of nitrogens with one attached hydrogen (secondary N) is 1. The van der Waals surface area contributed by atoms with E-state index in [0.717, 1.165) is 6.42 Å². The average molecular weight is 539 g/mol. The number of amides is 2. The number of carbonyl (C=O) groups is 2. The summed E-state index contributed by atoms with van der Waals surface area (Å²) >= 11 is 0. The molecule has 3 aromatic rings. The van der Waals surface area contributed by atoms with E-state index in [0.29, 0.717) is 30.8 Å². The highest BCUT2D eigenvalue weighted by atomic mass is 19.4. The number of aryl methyl sites for hydroxylation is 2. The molecule has 0 aliphatic carbocycles. The summed E-state index contributed by atoms with van der Waals surface area (Å²) < 4.78 is 44.2. The Morgan fingerprint density at radius 3 is 2.34 bits per heavy atom. The maximum absolute atomic E-state index is 12.4. The van der Waals surface area contributed by atoms with Crippen LogP contribution in [0, 0.1) is 0 Å². The fourth-order valence-electron chi connectivity index (χ4n) is 3.46. The Morgan fingerprint density at radius 2 is 1.71 bits per heavy atom. The number of rotatable bonds is 11. The first-order valence-electron chi connectivity index (χ1n) is 11.7. The maximum atomic E-state index is 12.4. The van der Waals surface area contributed by atoms with E-state index in [2.05, 4.69) is 30.7 Å². The summed E-state index contributed by atoms with van der Waals surface area (Å²) in [7, 11) is 0. The minimum Gasteiger partial charge on any atom is -0.465 e. The standard InChI is InChI=1S/C23H29F3N8O4/c1-22(2,3)34(21(36)37)14-17-13-32(30-28-17)9-4-5-10-33-15-19(29-31-33)20(35)27-12-16-7-6-8-18(11-16)38-23(24,25)26/h6-8,11,13,15H,4-5,9-10,12,14H2,1-3H3,(H,27,35)(H,36,37). The molecule has 0 aliphatic rings. The molecule has 38 heavy (non-hydrogen) atoms. The van der Waals surface area contributed by atoms with Crippen LogP contribution in [0.5, 0.6) is 5.75 Å². The number of alkyl halides is 3. The molecule has 0 bridgehead atoms. The molecule has 0 saturated carbocycles. The Balaban J connectivity index is 1.42. The van der Waals surface area contributed by atoms with Crippen LogP contribution in [-0.2, 0) is 26.2 Å². The Labute approximate surface area is 216 Å². The van der Waals surface area contributed by atoms with E-state index in [-0.39, 0.29) is 24.5 Å². The third-order valence-electron chi connectivity index (χ3n) is 5.33. The average Bonchev–Trinajstić information content (AvgIpc) is 3.46. The first-order valence-corrected chi connectivity index (χ1v) is 11.7. The van der Waals surface area contributed by atoms with E-state index < -0.39 is 23.9 Å². The Kier molecular flexibility index (Phi) is 8.91. The maximum Gasteiger partial charge on any atom is 0.573 e. The number of hydrogen-bond acceptors (Lipinski definition) is 7. The summed E-state index contributed by atoms with van der Waals surface area (Å²) in [6.45, 7) is 6.60. The van der Waals surface area contributed by atoms with Crippen molar-refractivity contribution in [1.82, 2.24) is 40.2 Å². The normalized spacial score (nSPS) is 11.8. The van der Waals surface area contributed by atoms with Crippen LogP contribution < -0.4 is 10.1 Å². The first-order chi connectivity index (χ1) is 17.8. The van der Waals surface area contributed by atoms with Crippen LogP contribution >= 0.6 is 0 Å². The summed E-state index contributed by atoms with van der Waals surface area (Å²) in [6.07, 6.45) is -1.20. The highest BCUT2D eigenvalue weighted by molar-refractivity contribution is 5.91. The van der Waals surface area contributed by atoms with Crippen LogP contribution in [0.15, 0.2) is 36.7 Å². The molecular weight excluding hydrogens is 509 g/mol. The van der Waals surface area contributed by atoms with Gasteiger partial charge in [-0.3, -0.25) is 19.1 Å². The van der Waals surface area contributed by atoms with Crippen LogP contribution in [0.25, 0.3) is 0 Å². The molecule has 0 fully saturated rings. The van der Waals surface area contributed by atoms with Gasteiger partial charge in [-0.05, 0) is 51.3 Å². The number of ether oxygens (including phenoxy) is 1. The van der Waals surface area contributed by atoms with E-state index in [9.17, 15) is 27.9 Å². The molecule has 0 radical (unpaired) electrons. The smallest absolute Gasteiger partial charge is 0.465 e. The number of unbranched alkanes of at least 4 members (excludes halogenated alkanes) is 1. The number of aromatic nitrogens is 6. The van der Waals surface area contributed by atoms with Crippen LogP contribution in [0.4, 0.5) is 18.0 Å². The molecule has 2 heterocycles. The van der Waals surface area contributed by atoms with Gasteiger partial charge < -0.3 is 15.2 Å². The molecule has 1 aromatic carbocycles. The second-order valence-electron chi connectivity index (χ2n) is 9.46. The van der Waals surface area contributed by atoms with Gasteiger partial charge in [0.05, 0.1) is 18.9 Å². The van der Waals surface area contributed by atoms with Crippen LogP contribution in [0.2, 0.25) is 0 Å². The van der Waals surface area contributed by atoms with E-state index in [4.69, 9.17) is 0 Å². The van der Waals surface area contributed by atoms with Crippen molar-refractivity contribution in [2.45, 2.75) is 71.7 Å². The van der Waals surface area contributed by atoms with Gasteiger partial charge in [-0.2, -0.15) is 0 Å². The molecule has 2 amide bonds. The van der Waals surface area contributed by atoms with E-state index in [1.54, 1.807) is 37.7 Å². The van der Waals surface area contributed by atoms with Crippen LogP contribution in [0.1, 0.15) is 55.4 Å². The van der Waals surface area contributed by atoms with Crippen molar-refractivity contribution in [3.05, 3.63) is 53.6 Å². The highest BCUT2D eigenvalue weighted by Crippen LogP contribution is 2.23. The zero-order valence-corrected chi connectivity index (χ0v) is 21.1. The largest absolute Gasteiger partial charge is 0.573 e. The molecule has 0 aliphatic heterocycles. The van der Waals surface area contributed by atoms with E-state index in [1.165, 1.54) is 34.0 Å². The lowest BCUT2D eigenvalue weighted by molar-refractivity contribution is -0.274. The van der Waals surface area contributed by atoms with Crippen LogP contribution in [0.3, 0.4) is 0 Å². The van der Waals surface area contributed by atoms with Gasteiger partial charge in [0.15, 0.2) is 5.69 Å². The van der Waals surface area contributed by atoms with Crippen molar-refractivity contribution >= 4 is 12.0 Å². The zero-order chi connectivity index (χ0) is 27.9. The van der Waals surface area contributed by atoms with Gasteiger partial charge >= 0.3 is 12.5 Å². The molecule has 12 nitrogen and oxygen atoms in total. The van der Waals surface area contributed by atoms with Crippen molar-refractivity contribution in [2.75, 3.05) is 0 Å². The number of hydrogen-bond donors (Lipinski definition) is 2. The minimum atomic E-state index is -4.80. The number of benzene rings is 1. The summed E-state index contributed by atoms with van der Waals surface area (Å²) in [6, 6.07) is 5.32. The Bertz CT molecular complexity index is 1240. The molecule has 0 atom stereocenters. The molecule has 0 saturated heterocycles. The third-order valence-corrected chi connectivity index (χ3v) is 5.33. The molecular formula is C23H29F3N8O4. The lowest BCUT2D eigenvalue weighted by Crippen LogP contribution is -2.44. The predicted molar refractivity (Wildman–Crippen MR) is 127 cm³/mol. The van der Waals surface area contributed by atoms with Crippen molar-refractivity contribution in [3.63, 3.8) is 0 Å². The fourth-order valence-corrected chi connectivity index (χ4v) is 3.46. The number of halogens is 3. The van der Waals surface area contributed by atoms with E-state index >= 15 is 0 Å². The van der Waals surface area contributed by atoms with Crippen LogP contribution in [-0.4, -0.2) is 63.9 Å². The lowest BCUT2D eigenvalue weighted by atomic mass is 10.1. The predicted octanol–water partition coefficient (Wildman–Crippen LogP) is 3.46. The van der Waals surface area contributed by atoms with Crippen molar-refractivity contribution < 1.29 is 32.6 Å². The van der Waals surface area contributed by atoms with Gasteiger partial charge in [-0.25, -0.2) is 4.79 Å². The molecule has 0 spiro atoms. The minimum absolute atomic E-state index is 0.0133. The molecule has 15 heteroatoms. The topological polar surface area (TPSA) is 140 Å². The molecule has 2 N–H and O–H groups in total. The first kappa shape index (κ1) is 28.4. The Hall–Kier alpha value is -4.17. The third kappa shape index (κ3) is 8.74. The zero-order valence-electron chi connectivity index (χ0n) is 21.1. The molecule has 2 aromatic heterocycles. The van der Waals surface area contributed by atoms with Gasteiger partial charge in [0.2, 0.25) is 0 Å². The van der Waals surface area contributed by atoms with Crippen molar-refractivity contribution in [2.24, 2.45) is 0 Å². The number of carbonyl (C=O) groups excluding carboxylic acids is 1. The SMILES string of the molecule is CC(C)(C)N(Cc1cn(CCCCn2cc(C(=O)NCc3cccc(OC(F)(F)F)c3)nn2)nn1)C(=O)O. The molecule has 0 unspecified atom stereocenters. The monoisotopic (exact) mass is 538 g/mol. The molecule has 206 valence electrons. The summed E-state index contributed by atoms with van der Waals surface area (Å²) in [4.78, 5) is 25.1. The van der Waals surface area contributed by atoms with Gasteiger partial charge in [-0.1, -0.05) is 22.6 Å². The van der Waals surface area contributed by atoms with Gasteiger partial charge in [0, 0.05) is 25.2 Å². The quantitative estimate of drug-likeness (QED) is 0.354.